The number of hydrogen-bond acceptors (Lipinski definition) is 7. The number of benzene rings is 2. The van der Waals surface area contributed by atoms with Gasteiger partial charge in [-0.1, -0.05) is 12.1 Å². The number of ether oxygens (including phenoxy) is 2. The van der Waals surface area contributed by atoms with E-state index in [-0.39, 0.29) is 12.5 Å². The molecule has 0 atom stereocenters. The lowest BCUT2D eigenvalue weighted by atomic mass is 9.89. The first-order valence-electron chi connectivity index (χ1n) is 12.8. The summed E-state index contributed by atoms with van der Waals surface area (Å²) in [5.74, 6) is 2.33. The van der Waals surface area contributed by atoms with Gasteiger partial charge in [-0.3, -0.25) is 9.47 Å². The molecular formula is C29H33N5O4. The summed E-state index contributed by atoms with van der Waals surface area (Å²) < 4.78 is 13.6. The Bertz CT molecular complexity index is 1390. The molecule has 1 fully saturated rings. The second-order valence-corrected chi connectivity index (χ2v) is 9.37. The number of amides is 1. The van der Waals surface area contributed by atoms with Crippen molar-refractivity contribution in [2.75, 3.05) is 51.1 Å². The van der Waals surface area contributed by atoms with Crippen molar-refractivity contribution >= 4 is 22.6 Å². The maximum absolute atomic E-state index is 12.9. The van der Waals surface area contributed by atoms with Crippen LogP contribution < -0.4 is 20.2 Å². The van der Waals surface area contributed by atoms with Crippen LogP contribution in [0.1, 0.15) is 34.7 Å². The third-order valence-electron chi connectivity index (χ3n) is 7.07. The number of methoxy groups -OCH3 is 1. The summed E-state index contributed by atoms with van der Waals surface area (Å²) in [6.07, 6.45) is 5.64. The van der Waals surface area contributed by atoms with Gasteiger partial charge in [-0.15, -0.1) is 0 Å². The largest absolute Gasteiger partial charge is 0.493 e. The molecule has 3 heterocycles. The monoisotopic (exact) mass is 515 g/mol. The van der Waals surface area contributed by atoms with Crippen LogP contribution in [0.25, 0.3) is 10.9 Å². The number of anilines is 1. The Balaban J connectivity index is 1.24. The van der Waals surface area contributed by atoms with E-state index in [2.05, 4.69) is 20.6 Å². The van der Waals surface area contributed by atoms with Gasteiger partial charge < -0.3 is 30.2 Å². The first kappa shape index (κ1) is 25.6. The molecule has 9 nitrogen and oxygen atoms in total. The van der Waals surface area contributed by atoms with Crippen LogP contribution in [0.15, 0.2) is 67.0 Å². The maximum Gasteiger partial charge on any atom is 0.256 e. The molecule has 38 heavy (non-hydrogen) atoms. The number of aliphatic hydroxyl groups excluding tert-OH is 1. The maximum atomic E-state index is 12.9. The van der Waals surface area contributed by atoms with E-state index in [1.807, 2.05) is 60.4 Å². The number of β-amino-alcohol motifs (C(OH)–C–C–N with tert-alkyl or cyclic N) is 1. The first-order valence-corrected chi connectivity index (χ1v) is 12.8. The summed E-state index contributed by atoms with van der Waals surface area (Å²) in [4.78, 5) is 19.5. The van der Waals surface area contributed by atoms with Crippen LogP contribution in [0.4, 0.5) is 5.82 Å². The molecule has 0 radical (unpaired) electrons. The number of fused-ring (bicyclic) bond motifs is 1. The van der Waals surface area contributed by atoms with E-state index in [1.165, 1.54) is 5.56 Å². The zero-order valence-electron chi connectivity index (χ0n) is 21.7. The fourth-order valence-electron chi connectivity index (χ4n) is 4.97. The molecule has 2 aromatic carbocycles. The van der Waals surface area contributed by atoms with E-state index in [0.29, 0.717) is 34.5 Å². The molecular weight excluding hydrogens is 482 g/mol. The highest BCUT2D eigenvalue weighted by molar-refractivity contribution is 6.03. The number of aliphatic hydroxyl groups is 1. The van der Waals surface area contributed by atoms with Crippen molar-refractivity contribution in [1.82, 2.24) is 14.6 Å². The smallest absolute Gasteiger partial charge is 0.256 e. The SMILES string of the molecule is CNn1ccc2cc(Oc3ccnc(NC(=O)c4ccc(C5CCN(CCO)CC5)cc4)c3)c(OC)cc21. The molecule has 0 bridgehead atoms. The Labute approximate surface area is 222 Å². The van der Waals surface area contributed by atoms with Crippen molar-refractivity contribution in [3.8, 4) is 17.2 Å². The number of aromatic nitrogens is 2. The summed E-state index contributed by atoms with van der Waals surface area (Å²) in [5, 5.41) is 13.0. The van der Waals surface area contributed by atoms with Gasteiger partial charge in [-0.25, -0.2) is 4.98 Å². The van der Waals surface area contributed by atoms with E-state index in [4.69, 9.17) is 14.6 Å². The molecule has 0 spiro atoms. The average Bonchev–Trinajstić information content (AvgIpc) is 3.35. The van der Waals surface area contributed by atoms with Crippen molar-refractivity contribution in [2.24, 2.45) is 0 Å². The van der Waals surface area contributed by atoms with Crippen LogP contribution in [-0.2, 0) is 0 Å². The van der Waals surface area contributed by atoms with Crippen molar-refractivity contribution in [2.45, 2.75) is 18.8 Å². The van der Waals surface area contributed by atoms with Gasteiger partial charge in [0.05, 0.1) is 19.2 Å². The minimum Gasteiger partial charge on any atom is -0.493 e. The van der Waals surface area contributed by atoms with Crippen molar-refractivity contribution in [3.63, 3.8) is 0 Å². The predicted octanol–water partition coefficient (Wildman–Crippen LogP) is 4.43. The number of carbonyl (C=O) groups excluding carboxylic acids is 1. The lowest BCUT2D eigenvalue weighted by Crippen LogP contribution is -2.34. The molecule has 0 saturated carbocycles. The van der Waals surface area contributed by atoms with Gasteiger partial charge >= 0.3 is 0 Å². The number of likely N-dealkylation sites (tertiary alicyclic amines) is 1. The number of rotatable bonds is 9. The molecule has 1 aliphatic rings. The van der Waals surface area contributed by atoms with Crippen LogP contribution >= 0.6 is 0 Å². The van der Waals surface area contributed by atoms with E-state index >= 15 is 0 Å². The van der Waals surface area contributed by atoms with Crippen LogP contribution in [0.2, 0.25) is 0 Å². The Morgan fingerprint density at radius 3 is 2.58 bits per heavy atom. The summed E-state index contributed by atoms with van der Waals surface area (Å²) in [7, 11) is 3.45. The van der Waals surface area contributed by atoms with E-state index < -0.39 is 0 Å². The Kier molecular flexibility index (Phi) is 7.76. The number of nitrogens with one attached hydrogen (secondary N) is 2. The van der Waals surface area contributed by atoms with Gasteiger partial charge in [0.2, 0.25) is 0 Å². The predicted molar refractivity (Wildman–Crippen MR) is 148 cm³/mol. The molecule has 0 unspecified atom stereocenters. The molecule has 1 saturated heterocycles. The Hall–Kier alpha value is -4.08. The third-order valence-corrected chi connectivity index (χ3v) is 7.07. The Morgan fingerprint density at radius 2 is 1.87 bits per heavy atom. The second kappa shape index (κ2) is 11.5. The van der Waals surface area contributed by atoms with Crippen LogP contribution in [0.3, 0.4) is 0 Å². The zero-order valence-corrected chi connectivity index (χ0v) is 21.7. The fourth-order valence-corrected chi connectivity index (χ4v) is 4.97. The molecule has 198 valence electrons. The number of hydrogen-bond donors (Lipinski definition) is 3. The van der Waals surface area contributed by atoms with Gasteiger partial charge in [0.1, 0.15) is 11.6 Å². The highest BCUT2D eigenvalue weighted by atomic mass is 16.5. The molecule has 1 aliphatic heterocycles. The molecule has 9 heteroatoms. The van der Waals surface area contributed by atoms with E-state index in [9.17, 15) is 4.79 Å². The van der Waals surface area contributed by atoms with E-state index in [0.717, 1.165) is 43.4 Å². The van der Waals surface area contributed by atoms with Gasteiger partial charge in [-0.2, -0.15) is 0 Å². The molecule has 0 aliphatic carbocycles. The summed E-state index contributed by atoms with van der Waals surface area (Å²) in [6.45, 7) is 2.91. The second-order valence-electron chi connectivity index (χ2n) is 9.37. The van der Waals surface area contributed by atoms with Gasteiger partial charge in [-0.05, 0) is 67.7 Å². The van der Waals surface area contributed by atoms with E-state index in [1.54, 1.807) is 25.4 Å². The molecule has 1 amide bonds. The van der Waals surface area contributed by atoms with Gasteiger partial charge in [0.25, 0.3) is 5.91 Å². The summed E-state index contributed by atoms with van der Waals surface area (Å²) in [6, 6.07) is 17.0. The van der Waals surface area contributed by atoms with Crippen LogP contribution in [0, 0.1) is 0 Å². The van der Waals surface area contributed by atoms with Crippen molar-refractivity contribution in [1.29, 1.82) is 0 Å². The standard InChI is InChI=1S/C29H33N5O4/c1-30-34-14-10-23-17-27(26(37-2)19-25(23)34)38-24-7-11-31-28(18-24)32-29(36)22-5-3-20(4-6-22)21-8-12-33(13-9-21)15-16-35/h3-7,10-11,14,17-19,21,30,35H,8-9,12-13,15-16H2,1-2H3,(H,31,32,36). The topological polar surface area (TPSA) is 101 Å². The lowest BCUT2D eigenvalue weighted by molar-refractivity contribution is 0.102. The first-order chi connectivity index (χ1) is 18.6. The van der Waals surface area contributed by atoms with Crippen LogP contribution in [0.5, 0.6) is 17.2 Å². The number of nitrogens with zero attached hydrogens (tertiary/aromatic N) is 3. The Morgan fingerprint density at radius 1 is 1.08 bits per heavy atom. The van der Waals surface area contributed by atoms with Gasteiger partial charge in [0, 0.05) is 49.1 Å². The third kappa shape index (κ3) is 5.58. The van der Waals surface area contributed by atoms with Crippen molar-refractivity contribution in [3.05, 3.63) is 78.1 Å². The average molecular weight is 516 g/mol. The van der Waals surface area contributed by atoms with Crippen LogP contribution in [-0.4, -0.2) is 66.0 Å². The minimum absolute atomic E-state index is 0.202. The lowest BCUT2D eigenvalue weighted by Gasteiger charge is -2.31. The summed E-state index contributed by atoms with van der Waals surface area (Å²) in [5.41, 5.74) is 5.88. The van der Waals surface area contributed by atoms with Gasteiger partial charge in [0.15, 0.2) is 11.5 Å². The highest BCUT2D eigenvalue weighted by Gasteiger charge is 2.20. The zero-order chi connectivity index (χ0) is 26.5. The molecule has 5 rings (SSSR count). The molecule has 4 aromatic rings. The highest BCUT2D eigenvalue weighted by Crippen LogP contribution is 2.36. The number of carbonyl (C=O) groups is 1. The normalized spacial score (nSPS) is 14.4. The van der Waals surface area contributed by atoms with Crippen molar-refractivity contribution < 1.29 is 19.4 Å². The molecule has 2 aromatic heterocycles. The number of piperidine rings is 1. The molecule has 3 N–H and O–H groups in total. The minimum atomic E-state index is -0.230. The fraction of sp³-hybridized carbons (Fsp3) is 0.310. The summed E-state index contributed by atoms with van der Waals surface area (Å²) >= 11 is 0. The quantitative estimate of drug-likeness (QED) is 0.303. The number of pyridine rings is 1.